The maximum absolute atomic E-state index is 4.46. The highest BCUT2D eigenvalue weighted by atomic mass is 15.1. The van der Waals surface area contributed by atoms with Gasteiger partial charge in [0, 0.05) is 35.9 Å². The molecule has 0 atom stereocenters. The van der Waals surface area contributed by atoms with Crippen molar-refractivity contribution in [3.8, 4) is 11.1 Å². The number of aryl methyl sites for hydroxylation is 2. The van der Waals surface area contributed by atoms with Crippen LogP contribution in [0.5, 0.6) is 0 Å². The summed E-state index contributed by atoms with van der Waals surface area (Å²) in [5, 5.41) is 3.44. The number of nitrogens with one attached hydrogen (secondary N) is 1. The van der Waals surface area contributed by atoms with Crippen molar-refractivity contribution in [2.75, 3.05) is 7.05 Å². The summed E-state index contributed by atoms with van der Waals surface area (Å²) in [5.74, 6) is 0. The zero-order chi connectivity index (χ0) is 24.2. The van der Waals surface area contributed by atoms with E-state index in [4.69, 9.17) is 0 Å². The maximum Gasteiger partial charge on any atom is 0.0404 e. The van der Waals surface area contributed by atoms with Crippen LogP contribution < -0.4 is 5.32 Å². The smallest absolute Gasteiger partial charge is 0.0404 e. The van der Waals surface area contributed by atoms with E-state index in [1.807, 2.05) is 7.05 Å². The molecule has 1 heterocycles. The molecule has 0 saturated heterocycles. The molecule has 1 fully saturated rings. The summed E-state index contributed by atoms with van der Waals surface area (Å²) in [6, 6.07) is 15.6. The standard InChI is InChI=1S/C32H38N2/c1-7-27(29-14-9-10-15-30(29)28-17-16-22(3)20-23(28)4)31(8-2)34-19-18-26(21-24(34)5)32(33-6)25-12-11-13-25/h9-10,14-21,33H,5,7-8,11-13H2,1-4,6H3/b31-27+. The number of likely N-dealkylation sites (N-methyl/N-ethyl adjacent to an activating group) is 1. The van der Waals surface area contributed by atoms with Gasteiger partial charge in [-0.3, -0.25) is 0 Å². The minimum Gasteiger partial charge on any atom is -0.388 e. The Bertz CT molecular complexity index is 1210. The van der Waals surface area contributed by atoms with Gasteiger partial charge in [-0.25, -0.2) is 0 Å². The Hall–Kier alpha value is -3.26. The van der Waals surface area contributed by atoms with Gasteiger partial charge in [-0.1, -0.05) is 68.5 Å². The van der Waals surface area contributed by atoms with Gasteiger partial charge in [0.15, 0.2) is 0 Å². The van der Waals surface area contributed by atoms with E-state index in [9.17, 15) is 0 Å². The first-order chi connectivity index (χ1) is 16.5. The van der Waals surface area contributed by atoms with Crippen LogP contribution in [0.2, 0.25) is 0 Å². The maximum atomic E-state index is 4.46. The average Bonchev–Trinajstić information content (AvgIpc) is 2.80. The summed E-state index contributed by atoms with van der Waals surface area (Å²) in [6.07, 6.45) is 12.3. The molecule has 0 bridgehead atoms. The summed E-state index contributed by atoms with van der Waals surface area (Å²) in [6.45, 7) is 13.4. The molecule has 34 heavy (non-hydrogen) atoms. The summed E-state index contributed by atoms with van der Waals surface area (Å²) in [4.78, 5) is 2.29. The second-order valence-electron chi connectivity index (χ2n) is 9.36. The number of hydrogen-bond acceptors (Lipinski definition) is 2. The summed E-state index contributed by atoms with van der Waals surface area (Å²) >= 11 is 0. The van der Waals surface area contributed by atoms with Gasteiger partial charge in [-0.05, 0) is 91.5 Å². The van der Waals surface area contributed by atoms with Crippen LogP contribution in [0.15, 0.2) is 95.6 Å². The van der Waals surface area contributed by atoms with Crippen LogP contribution in [-0.4, -0.2) is 11.9 Å². The number of nitrogens with zero attached hydrogens (tertiary/aromatic N) is 1. The first-order valence-corrected chi connectivity index (χ1v) is 12.7. The third kappa shape index (κ3) is 4.55. The van der Waals surface area contributed by atoms with Gasteiger partial charge in [0.05, 0.1) is 0 Å². The molecule has 4 rings (SSSR count). The number of allylic oxidation sites excluding steroid dienone is 5. The van der Waals surface area contributed by atoms with E-state index >= 15 is 0 Å². The Morgan fingerprint density at radius 1 is 1.00 bits per heavy atom. The van der Waals surface area contributed by atoms with Crippen LogP contribution in [-0.2, 0) is 0 Å². The van der Waals surface area contributed by atoms with Crippen LogP contribution >= 0.6 is 0 Å². The van der Waals surface area contributed by atoms with Gasteiger partial charge in [0.2, 0.25) is 0 Å². The average molecular weight is 451 g/mol. The highest BCUT2D eigenvalue weighted by molar-refractivity contribution is 5.84. The van der Waals surface area contributed by atoms with Gasteiger partial charge in [0.25, 0.3) is 0 Å². The molecule has 2 heteroatoms. The molecule has 2 nitrogen and oxygen atoms in total. The van der Waals surface area contributed by atoms with Crippen molar-refractivity contribution in [1.29, 1.82) is 0 Å². The quantitative estimate of drug-likeness (QED) is 0.455. The zero-order valence-electron chi connectivity index (χ0n) is 21.5. The number of benzene rings is 2. The lowest BCUT2D eigenvalue weighted by Gasteiger charge is -2.31. The van der Waals surface area contributed by atoms with Crippen LogP contribution in [0.4, 0.5) is 0 Å². The number of hydrogen-bond donors (Lipinski definition) is 1. The third-order valence-corrected chi connectivity index (χ3v) is 7.14. The van der Waals surface area contributed by atoms with Gasteiger partial charge < -0.3 is 10.2 Å². The second kappa shape index (κ2) is 10.3. The molecule has 0 aromatic heterocycles. The van der Waals surface area contributed by atoms with Gasteiger partial charge >= 0.3 is 0 Å². The fourth-order valence-electron chi connectivity index (χ4n) is 5.27. The normalized spacial score (nSPS) is 16.1. The Balaban J connectivity index is 1.77. The molecule has 0 unspecified atom stereocenters. The molecule has 2 aromatic carbocycles. The van der Waals surface area contributed by atoms with E-state index in [0.29, 0.717) is 0 Å². The van der Waals surface area contributed by atoms with Crippen LogP contribution in [0, 0.1) is 13.8 Å². The Morgan fingerprint density at radius 2 is 1.76 bits per heavy atom. The van der Waals surface area contributed by atoms with E-state index in [0.717, 1.165) is 18.5 Å². The van der Waals surface area contributed by atoms with Crippen molar-refractivity contribution < 1.29 is 0 Å². The molecule has 176 valence electrons. The Kier molecular flexibility index (Phi) is 7.26. The molecule has 2 aliphatic rings. The lowest BCUT2D eigenvalue weighted by molar-refractivity contribution is 0.564. The van der Waals surface area contributed by atoms with E-state index in [2.05, 4.69) is 105 Å². The monoisotopic (exact) mass is 450 g/mol. The van der Waals surface area contributed by atoms with E-state index < -0.39 is 0 Å². The van der Waals surface area contributed by atoms with Crippen molar-refractivity contribution in [3.05, 3.63) is 112 Å². The molecule has 0 amide bonds. The first kappa shape index (κ1) is 23.9. The van der Waals surface area contributed by atoms with E-state index in [1.165, 1.54) is 75.2 Å². The Morgan fingerprint density at radius 3 is 2.35 bits per heavy atom. The third-order valence-electron chi connectivity index (χ3n) is 7.14. The van der Waals surface area contributed by atoms with Crippen molar-refractivity contribution in [1.82, 2.24) is 10.2 Å². The number of rotatable bonds is 7. The second-order valence-corrected chi connectivity index (χ2v) is 9.36. The zero-order valence-corrected chi connectivity index (χ0v) is 21.5. The van der Waals surface area contributed by atoms with E-state index in [-0.39, 0.29) is 0 Å². The fourth-order valence-corrected chi connectivity index (χ4v) is 5.27. The van der Waals surface area contributed by atoms with Crippen LogP contribution in [0.25, 0.3) is 16.7 Å². The summed E-state index contributed by atoms with van der Waals surface area (Å²) in [7, 11) is 2.03. The van der Waals surface area contributed by atoms with Crippen LogP contribution in [0.1, 0.15) is 62.6 Å². The van der Waals surface area contributed by atoms with Crippen molar-refractivity contribution in [3.63, 3.8) is 0 Å². The van der Waals surface area contributed by atoms with Crippen LogP contribution in [0.3, 0.4) is 0 Å². The largest absolute Gasteiger partial charge is 0.388 e. The SMILES string of the molecule is C=C1C=C(C(NC)=C2CCC2)C=CN1/C(CC)=C(\CC)c1ccccc1-c1ccc(C)cc1C. The van der Waals surface area contributed by atoms with Gasteiger partial charge in [-0.15, -0.1) is 0 Å². The summed E-state index contributed by atoms with van der Waals surface area (Å²) < 4.78 is 0. The summed E-state index contributed by atoms with van der Waals surface area (Å²) in [5.41, 5.74) is 14.3. The molecule has 2 aromatic rings. The molecule has 0 radical (unpaired) electrons. The highest BCUT2D eigenvalue weighted by Crippen LogP contribution is 2.38. The first-order valence-electron chi connectivity index (χ1n) is 12.7. The van der Waals surface area contributed by atoms with Crippen molar-refractivity contribution >= 4 is 5.57 Å². The fraction of sp³-hybridized carbons (Fsp3) is 0.312. The van der Waals surface area contributed by atoms with Gasteiger partial charge in [-0.2, -0.15) is 0 Å². The Labute approximate surface area is 206 Å². The van der Waals surface area contributed by atoms with E-state index in [1.54, 1.807) is 0 Å². The van der Waals surface area contributed by atoms with Crippen molar-refractivity contribution in [2.24, 2.45) is 0 Å². The predicted octanol–water partition coefficient (Wildman–Crippen LogP) is 8.43. The molecule has 0 spiro atoms. The lowest BCUT2D eigenvalue weighted by Crippen LogP contribution is -2.21. The molecule has 1 saturated carbocycles. The molecule has 1 N–H and O–H groups in total. The lowest BCUT2D eigenvalue weighted by atomic mass is 9.87. The molecular weight excluding hydrogens is 412 g/mol. The minimum absolute atomic E-state index is 0.941. The molecule has 1 aliphatic carbocycles. The topological polar surface area (TPSA) is 15.3 Å². The minimum atomic E-state index is 0.941. The molecule has 1 aliphatic heterocycles. The van der Waals surface area contributed by atoms with Gasteiger partial charge in [0.1, 0.15) is 0 Å². The predicted molar refractivity (Wildman–Crippen MR) is 147 cm³/mol. The molecular formula is C32H38N2. The highest BCUT2D eigenvalue weighted by Gasteiger charge is 2.22. The van der Waals surface area contributed by atoms with Crippen molar-refractivity contribution in [2.45, 2.75) is 59.8 Å².